The van der Waals surface area contributed by atoms with Gasteiger partial charge < -0.3 is 25.6 Å². The van der Waals surface area contributed by atoms with E-state index in [1.807, 2.05) is 13.8 Å². The molecule has 1 amide bonds. The van der Waals surface area contributed by atoms with E-state index in [4.69, 9.17) is 15.2 Å². The number of ether oxygens (including phenoxy) is 2. The monoisotopic (exact) mass is 673 g/mol. The molecule has 2 atom stereocenters. The van der Waals surface area contributed by atoms with E-state index < -0.39 is 12.1 Å². The summed E-state index contributed by atoms with van der Waals surface area (Å²) in [5, 5.41) is 12.3. The van der Waals surface area contributed by atoms with Crippen LogP contribution in [0, 0.1) is 5.41 Å². The minimum Gasteiger partial charge on any atom is -0.462 e. The van der Waals surface area contributed by atoms with E-state index >= 15 is 0 Å². The summed E-state index contributed by atoms with van der Waals surface area (Å²) >= 11 is 1.43. The molecule has 0 aliphatic heterocycles. The fourth-order valence-corrected chi connectivity index (χ4v) is 6.14. The molecule has 0 saturated heterocycles. The third kappa shape index (κ3) is 28.9. The lowest BCUT2D eigenvalue weighted by molar-refractivity contribution is -0.157. The van der Waals surface area contributed by atoms with Crippen LogP contribution in [0.2, 0.25) is 0 Å². The van der Waals surface area contributed by atoms with Crippen LogP contribution in [0.5, 0.6) is 0 Å². The van der Waals surface area contributed by atoms with Gasteiger partial charge in [-0.05, 0) is 31.1 Å². The molecule has 0 saturated carbocycles. The van der Waals surface area contributed by atoms with Gasteiger partial charge in [0, 0.05) is 37.5 Å². The summed E-state index contributed by atoms with van der Waals surface area (Å²) in [6.45, 7) is 9.08. The Morgan fingerprint density at radius 1 is 0.717 bits per heavy atom. The first kappa shape index (κ1) is 44.7. The normalized spacial score (nSPS) is 12.9. The second kappa shape index (κ2) is 31.0. The number of unbranched alkanes of at least 4 members (excludes halogenated alkanes) is 16. The molecule has 0 heterocycles. The van der Waals surface area contributed by atoms with Crippen LogP contribution in [0.25, 0.3) is 0 Å². The maximum absolute atomic E-state index is 12.6. The van der Waals surface area contributed by atoms with Gasteiger partial charge in [0.1, 0.15) is 12.7 Å². The highest BCUT2D eigenvalue weighted by Gasteiger charge is 2.20. The molecule has 0 unspecified atom stereocenters. The van der Waals surface area contributed by atoms with Gasteiger partial charge in [-0.2, -0.15) is 11.8 Å². The van der Waals surface area contributed by atoms with Gasteiger partial charge in [-0.3, -0.25) is 14.4 Å². The van der Waals surface area contributed by atoms with Crippen molar-refractivity contribution in [3.63, 3.8) is 0 Å². The molecule has 0 fully saturated rings. The Kier molecular flexibility index (Phi) is 30.1. The molecule has 272 valence electrons. The van der Waals surface area contributed by atoms with E-state index in [0.717, 1.165) is 51.4 Å². The molecular weight excluding hydrogens is 600 g/mol. The van der Waals surface area contributed by atoms with Crippen molar-refractivity contribution in [3.05, 3.63) is 0 Å². The summed E-state index contributed by atoms with van der Waals surface area (Å²) in [4.78, 5) is 37.5. The minimum absolute atomic E-state index is 0.0227. The van der Waals surface area contributed by atoms with Gasteiger partial charge in [-0.15, -0.1) is 0 Å². The van der Waals surface area contributed by atoms with Gasteiger partial charge in [-0.1, -0.05) is 130 Å². The predicted octanol–water partition coefficient (Wildman–Crippen LogP) is 8.26. The molecule has 4 N–H and O–H groups in total. The molecule has 0 aromatic carbocycles. The summed E-state index contributed by atoms with van der Waals surface area (Å²) in [5.74, 6) is 0.0259. The summed E-state index contributed by atoms with van der Waals surface area (Å²) < 4.78 is 11.3. The molecule has 0 spiro atoms. The third-order valence-electron chi connectivity index (χ3n) is 8.39. The Morgan fingerprint density at radius 3 is 1.70 bits per heavy atom. The maximum Gasteiger partial charge on any atom is 0.306 e. The average Bonchev–Trinajstić information content (AvgIpc) is 3.03. The molecule has 0 bridgehead atoms. The van der Waals surface area contributed by atoms with Crippen LogP contribution in [-0.4, -0.2) is 66.4 Å². The van der Waals surface area contributed by atoms with Crippen LogP contribution in [0.1, 0.15) is 169 Å². The summed E-state index contributed by atoms with van der Waals surface area (Å²) in [5.41, 5.74) is 5.95. The lowest BCUT2D eigenvalue weighted by atomic mass is 9.89. The fourth-order valence-electron chi connectivity index (χ4n) is 5.17. The van der Waals surface area contributed by atoms with Crippen molar-refractivity contribution in [2.45, 2.75) is 181 Å². The molecule has 0 aromatic rings. The van der Waals surface area contributed by atoms with Crippen molar-refractivity contribution < 1.29 is 29.0 Å². The molecule has 9 heteroatoms. The second-order valence-corrected chi connectivity index (χ2v) is 14.9. The fraction of sp³-hybridized carbons (Fsp3) is 0.919. The van der Waals surface area contributed by atoms with Crippen LogP contribution >= 0.6 is 11.8 Å². The van der Waals surface area contributed by atoms with Gasteiger partial charge in [-0.25, -0.2) is 0 Å². The van der Waals surface area contributed by atoms with E-state index in [-0.39, 0.29) is 36.5 Å². The number of carbonyl (C=O) groups is 3. The lowest BCUT2D eigenvalue weighted by Gasteiger charge is -2.21. The van der Waals surface area contributed by atoms with E-state index in [9.17, 15) is 19.5 Å². The molecule has 46 heavy (non-hydrogen) atoms. The molecular formula is C37H72N2O6S. The van der Waals surface area contributed by atoms with Crippen LogP contribution in [0.3, 0.4) is 0 Å². The number of rotatable bonds is 33. The van der Waals surface area contributed by atoms with Crippen molar-refractivity contribution >= 4 is 29.6 Å². The van der Waals surface area contributed by atoms with Gasteiger partial charge >= 0.3 is 11.9 Å². The summed E-state index contributed by atoms with van der Waals surface area (Å²) in [6.07, 6.45) is 23.0. The van der Waals surface area contributed by atoms with Crippen molar-refractivity contribution in [2.75, 3.05) is 31.3 Å². The number of thioether (sulfide) groups is 1. The highest BCUT2D eigenvalue weighted by Crippen LogP contribution is 2.20. The Hall–Kier alpha value is -1.32. The number of nitrogens with one attached hydrogen (secondary N) is 1. The van der Waals surface area contributed by atoms with E-state index in [0.29, 0.717) is 30.9 Å². The molecule has 0 aromatic heterocycles. The SMILES string of the molecule is CCCCCCCCCCCC(=O)OC[C@H](CSC[C@@H](N)C(=O)NCCCC(C)(C)CO)OC(=O)CCCCCCCCCCC. The molecule has 0 radical (unpaired) electrons. The van der Waals surface area contributed by atoms with Crippen LogP contribution in [0.15, 0.2) is 0 Å². The molecule has 8 nitrogen and oxygen atoms in total. The number of nitrogens with two attached hydrogens (primary N) is 1. The van der Waals surface area contributed by atoms with Gasteiger partial charge in [0.25, 0.3) is 0 Å². The average molecular weight is 673 g/mol. The highest BCUT2D eigenvalue weighted by atomic mass is 32.2. The standard InChI is InChI=1S/C37H72N2O6S/c1-5-7-9-11-13-15-17-19-21-24-34(41)44-28-32(45-35(42)25-22-20-18-16-14-12-10-8-6-2)29-46-30-33(38)36(43)39-27-23-26-37(3,4)31-40/h32-33,40H,5-31,38H2,1-4H3,(H,39,43)/t32-,33-/m1/s1. The topological polar surface area (TPSA) is 128 Å². The van der Waals surface area contributed by atoms with Crippen LogP contribution in [0.4, 0.5) is 0 Å². The Bertz CT molecular complexity index is 751. The number of esters is 2. The second-order valence-electron chi connectivity index (χ2n) is 13.8. The summed E-state index contributed by atoms with van der Waals surface area (Å²) in [6, 6.07) is -0.691. The first-order valence-corrected chi connectivity index (χ1v) is 19.9. The largest absolute Gasteiger partial charge is 0.462 e. The minimum atomic E-state index is -0.691. The van der Waals surface area contributed by atoms with Gasteiger partial charge in [0.2, 0.25) is 5.91 Å². The maximum atomic E-state index is 12.6. The van der Waals surface area contributed by atoms with Crippen LogP contribution in [-0.2, 0) is 23.9 Å². The van der Waals surface area contributed by atoms with Crippen molar-refractivity contribution in [2.24, 2.45) is 11.1 Å². The van der Waals surface area contributed by atoms with Crippen molar-refractivity contribution in [1.82, 2.24) is 5.32 Å². The number of hydrogen-bond donors (Lipinski definition) is 3. The molecule has 0 aliphatic carbocycles. The number of carbonyl (C=O) groups excluding carboxylic acids is 3. The quantitative estimate of drug-likeness (QED) is 0.0470. The van der Waals surface area contributed by atoms with E-state index in [1.165, 1.54) is 88.8 Å². The lowest BCUT2D eigenvalue weighted by Crippen LogP contribution is -2.43. The molecule has 0 rings (SSSR count). The number of aliphatic hydroxyl groups is 1. The first-order valence-electron chi connectivity index (χ1n) is 18.7. The number of amides is 1. The van der Waals surface area contributed by atoms with Gasteiger partial charge in [0.05, 0.1) is 6.04 Å². The zero-order valence-corrected chi connectivity index (χ0v) is 31.0. The van der Waals surface area contributed by atoms with E-state index in [1.54, 1.807) is 0 Å². The van der Waals surface area contributed by atoms with Crippen molar-refractivity contribution in [3.8, 4) is 0 Å². The zero-order valence-electron chi connectivity index (χ0n) is 30.2. The zero-order chi connectivity index (χ0) is 34.3. The summed E-state index contributed by atoms with van der Waals surface area (Å²) in [7, 11) is 0. The Morgan fingerprint density at radius 2 is 1.20 bits per heavy atom. The van der Waals surface area contributed by atoms with Crippen LogP contribution < -0.4 is 11.1 Å². The van der Waals surface area contributed by atoms with Crippen molar-refractivity contribution in [1.29, 1.82) is 0 Å². The highest BCUT2D eigenvalue weighted by molar-refractivity contribution is 7.99. The van der Waals surface area contributed by atoms with Gasteiger partial charge in [0.15, 0.2) is 0 Å². The number of aliphatic hydroxyl groups excluding tert-OH is 1. The smallest absolute Gasteiger partial charge is 0.306 e. The Labute approximate surface area is 286 Å². The predicted molar refractivity (Wildman–Crippen MR) is 193 cm³/mol. The van der Waals surface area contributed by atoms with E-state index in [2.05, 4.69) is 19.2 Å². The molecule has 0 aliphatic rings. The first-order chi connectivity index (χ1) is 22.1. The Balaban J connectivity index is 4.52. The third-order valence-corrected chi connectivity index (χ3v) is 9.60. The number of hydrogen-bond acceptors (Lipinski definition) is 8.